The summed E-state index contributed by atoms with van der Waals surface area (Å²) in [6.07, 6.45) is 0.792. The predicted molar refractivity (Wildman–Crippen MR) is 92.1 cm³/mol. The van der Waals surface area contributed by atoms with Crippen molar-refractivity contribution >= 4 is 5.78 Å². The third-order valence-electron chi connectivity index (χ3n) is 4.20. The number of hydrogen-bond acceptors (Lipinski definition) is 3. The van der Waals surface area contributed by atoms with E-state index >= 15 is 0 Å². The van der Waals surface area contributed by atoms with Crippen LogP contribution < -0.4 is 4.74 Å². The van der Waals surface area contributed by atoms with Crippen LogP contribution in [0.2, 0.25) is 0 Å². The summed E-state index contributed by atoms with van der Waals surface area (Å²) in [7, 11) is 1.64. The average Bonchev–Trinajstić information content (AvgIpc) is 2.61. The van der Waals surface area contributed by atoms with Crippen LogP contribution in [-0.2, 0) is 10.3 Å². The lowest BCUT2D eigenvalue weighted by Gasteiger charge is -2.30. The standard InChI is InChI=1S/C20H24O3/c1-5-20(3,23-6-2)17-14-16(12-13-18(17)22-4)19(21)15-10-8-7-9-11-15/h7-14H,5-6H2,1-4H3. The van der Waals surface area contributed by atoms with Gasteiger partial charge in [-0.05, 0) is 38.5 Å². The van der Waals surface area contributed by atoms with Gasteiger partial charge in [0.15, 0.2) is 5.78 Å². The number of carbonyl (C=O) groups is 1. The average molecular weight is 312 g/mol. The molecule has 2 aromatic carbocycles. The molecule has 2 rings (SSSR count). The zero-order valence-corrected chi connectivity index (χ0v) is 14.3. The van der Waals surface area contributed by atoms with E-state index in [2.05, 4.69) is 6.92 Å². The molecule has 0 fully saturated rings. The summed E-state index contributed by atoms with van der Waals surface area (Å²) in [5.41, 5.74) is 1.75. The Balaban J connectivity index is 2.49. The maximum atomic E-state index is 12.7. The van der Waals surface area contributed by atoms with Gasteiger partial charge in [-0.2, -0.15) is 0 Å². The number of methoxy groups -OCH3 is 1. The van der Waals surface area contributed by atoms with Crippen molar-refractivity contribution in [2.24, 2.45) is 0 Å². The number of hydrogen-bond donors (Lipinski definition) is 0. The van der Waals surface area contributed by atoms with Crippen LogP contribution in [0.4, 0.5) is 0 Å². The first kappa shape index (κ1) is 17.2. The van der Waals surface area contributed by atoms with Crippen molar-refractivity contribution in [1.82, 2.24) is 0 Å². The van der Waals surface area contributed by atoms with Gasteiger partial charge in [-0.25, -0.2) is 0 Å². The molecule has 0 saturated heterocycles. The lowest BCUT2D eigenvalue weighted by Crippen LogP contribution is -2.26. The number of ether oxygens (including phenoxy) is 2. The van der Waals surface area contributed by atoms with E-state index in [1.54, 1.807) is 13.2 Å². The fraction of sp³-hybridized carbons (Fsp3) is 0.350. The summed E-state index contributed by atoms with van der Waals surface area (Å²) in [6, 6.07) is 14.8. The molecule has 0 aliphatic rings. The monoisotopic (exact) mass is 312 g/mol. The molecule has 23 heavy (non-hydrogen) atoms. The van der Waals surface area contributed by atoms with Crippen molar-refractivity contribution in [3.05, 3.63) is 65.2 Å². The molecular weight excluding hydrogens is 288 g/mol. The SMILES string of the molecule is CCOC(C)(CC)c1cc(C(=O)c2ccccc2)ccc1OC. The largest absolute Gasteiger partial charge is 0.496 e. The van der Waals surface area contributed by atoms with Gasteiger partial charge in [-0.1, -0.05) is 37.3 Å². The molecular formula is C20H24O3. The molecule has 0 heterocycles. The van der Waals surface area contributed by atoms with Crippen molar-refractivity contribution in [3.63, 3.8) is 0 Å². The molecule has 0 aliphatic carbocycles. The molecule has 0 N–H and O–H groups in total. The maximum absolute atomic E-state index is 12.7. The summed E-state index contributed by atoms with van der Waals surface area (Å²) in [5.74, 6) is 0.747. The van der Waals surface area contributed by atoms with Gasteiger partial charge >= 0.3 is 0 Å². The van der Waals surface area contributed by atoms with Gasteiger partial charge in [0.05, 0.1) is 12.7 Å². The summed E-state index contributed by atoms with van der Waals surface area (Å²) in [6.45, 7) is 6.68. The van der Waals surface area contributed by atoms with Crippen molar-refractivity contribution in [3.8, 4) is 5.75 Å². The quantitative estimate of drug-likeness (QED) is 0.702. The van der Waals surface area contributed by atoms with Crippen molar-refractivity contribution < 1.29 is 14.3 Å². The third kappa shape index (κ3) is 3.62. The van der Waals surface area contributed by atoms with Crippen LogP contribution in [-0.4, -0.2) is 19.5 Å². The van der Waals surface area contributed by atoms with Gasteiger partial charge in [-0.15, -0.1) is 0 Å². The van der Waals surface area contributed by atoms with Gasteiger partial charge in [0.2, 0.25) is 0 Å². The lowest BCUT2D eigenvalue weighted by atomic mass is 9.89. The second kappa shape index (κ2) is 7.42. The molecule has 2 aromatic rings. The van der Waals surface area contributed by atoms with E-state index < -0.39 is 5.60 Å². The van der Waals surface area contributed by atoms with E-state index in [1.165, 1.54) is 0 Å². The summed E-state index contributed by atoms with van der Waals surface area (Å²) < 4.78 is 11.4. The topological polar surface area (TPSA) is 35.5 Å². The van der Waals surface area contributed by atoms with E-state index in [4.69, 9.17) is 9.47 Å². The molecule has 122 valence electrons. The van der Waals surface area contributed by atoms with Gasteiger partial charge in [0, 0.05) is 23.3 Å². The lowest BCUT2D eigenvalue weighted by molar-refractivity contribution is -0.0337. The molecule has 0 bridgehead atoms. The zero-order valence-electron chi connectivity index (χ0n) is 14.3. The van der Waals surface area contributed by atoms with Crippen LogP contribution in [0.5, 0.6) is 5.75 Å². The van der Waals surface area contributed by atoms with Crippen molar-refractivity contribution in [1.29, 1.82) is 0 Å². The van der Waals surface area contributed by atoms with Crippen LogP contribution in [0.15, 0.2) is 48.5 Å². The normalized spacial score (nSPS) is 13.4. The summed E-state index contributed by atoms with van der Waals surface area (Å²) in [4.78, 5) is 12.7. The van der Waals surface area contributed by atoms with Crippen LogP contribution in [0, 0.1) is 0 Å². The Morgan fingerprint density at radius 3 is 2.30 bits per heavy atom. The van der Waals surface area contributed by atoms with Crippen LogP contribution in [0.1, 0.15) is 48.7 Å². The number of ketones is 1. The summed E-state index contributed by atoms with van der Waals surface area (Å²) >= 11 is 0. The van der Waals surface area contributed by atoms with Gasteiger partial charge in [-0.3, -0.25) is 4.79 Å². The van der Waals surface area contributed by atoms with E-state index in [0.29, 0.717) is 17.7 Å². The Morgan fingerprint density at radius 2 is 1.74 bits per heavy atom. The number of benzene rings is 2. The zero-order chi connectivity index (χ0) is 16.9. The molecule has 0 aromatic heterocycles. The van der Waals surface area contributed by atoms with Crippen molar-refractivity contribution in [2.75, 3.05) is 13.7 Å². The van der Waals surface area contributed by atoms with Gasteiger partial charge in [0.1, 0.15) is 5.75 Å². The van der Waals surface area contributed by atoms with Gasteiger partial charge < -0.3 is 9.47 Å². The molecule has 1 unspecified atom stereocenters. The van der Waals surface area contributed by atoms with E-state index in [-0.39, 0.29) is 5.78 Å². The van der Waals surface area contributed by atoms with Crippen LogP contribution in [0.25, 0.3) is 0 Å². The Hall–Kier alpha value is -2.13. The summed E-state index contributed by atoms with van der Waals surface area (Å²) in [5, 5.41) is 0. The first-order valence-corrected chi connectivity index (χ1v) is 7.98. The highest BCUT2D eigenvalue weighted by molar-refractivity contribution is 6.09. The Bertz CT molecular complexity index is 664. The molecule has 0 spiro atoms. The highest BCUT2D eigenvalue weighted by Crippen LogP contribution is 2.36. The smallest absolute Gasteiger partial charge is 0.193 e. The molecule has 0 amide bonds. The number of rotatable bonds is 7. The van der Waals surface area contributed by atoms with Crippen LogP contribution in [0.3, 0.4) is 0 Å². The molecule has 3 heteroatoms. The predicted octanol–water partition coefficient (Wildman–Crippen LogP) is 4.59. The van der Waals surface area contributed by atoms with Gasteiger partial charge in [0.25, 0.3) is 0 Å². The number of carbonyl (C=O) groups excluding carboxylic acids is 1. The minimum absolute atomic E-state index is 0.00412. The second-order valence-corrected chi connectivity index (χ2v) is 5.63. The fourth-order valence-electron chi connectivity index (χ4n) is 2.71. The highest BCUT2D eigenvalue weighted by Gasteiger charge is 2.29. The highest BCUT2D eigenvalue weighted by atomic mass is 16.5. The maximum Gasteiger partial charge on any atom is 0.193 e. The molecule has 0 aliphatic heterocycles. The second-order valence-electron chi connectivity index (χ2n) is 5.63. The Kier molecular flexibility index (Phi) is 5.56. The molecule has 0 saturated carbocycles. The Morgan fingerprint density at radius 1 is 1.04 bits per heavy atom. The first-order valence-electron chi connectivity index (χ1n) is 7.98. The van der Waals surface area contributed by atoms with E-state index in [9.17, 15) is 4.79 Å². The molecule has 1 atom stereocenters. The Labute approximate surface area is 138 Å². The third-order valence-corrected chi connectivity index (χ3v) is 4.20. The minimum Gasteiger partial charge on any atom is -0.496 e. The fourth-order valence-corrected chi connectivity index (χ4v) is 2.71. The van der Waals surface area contributed by atoms with Crippen LogP contribution >= 0.6 is 0 Å². The molecule has 3 nitrogen and oxygen atoms in total. The minimum atomic E-state index is -0.479. The van der Waals surface area contributed by atoms with Crippen molar-refractivity contribution in [2.45, 2.75) is 32.8 Å². The first-order chi connectivity index (χ1) is 11.1. The molecule has 0 radical (unpaired) electrons. The van der Waals surface area contributed by atoms with E-state index in [1.807, 2.05) is 56.3 Å². The van der Waals surface area contributed by atoms with E-state index in [0.717, 1.165) is 17.7 Å².